The third kappa shape index (κ3) is 12.4. The van der Waals surface area contributed by atoms with E-state index in [4.69, 9.17) is 0 Å². The lowest BCUT2D eigenvalue weighted by molar-refractivity contribution is 1.18. The van der Waals surface area contributed by atoms with Gasteiger partial charge in [-0.2, -0.15) is 0 Å². The molecule has 0 saturated carbocycles. The largest absolute Gasteiger partial charge is 0.356 e. The Kier molecular flexibility index (Phi) is 17.0. The summed E-state index contributed by atoms with van der Waals surface area (Å²) in [5.41, 5.74) is 19.5. The van der Waals surface area contributed by atoms with Gasteiger partial charge in [0, 0.05) is 99.1 Å². The first kappa shape index (κ1) is 57.4. The van der Waals surface area contributed by atoms with E-state index in [-0.39, 0.29) is 0 Å². The summed E-state index contributed by atoms with van der Waals surface area (Å²) >= 11 is 2.38. The number of halogens is 1. The molecule has 0 aliphatic heterocycles. The number of hydrogen-bond donors (Lipinski definition) is 1. The third-order valence-electron chi connectivity index (χ3n) is 16.2. The zero-order chi connectivity index (χ0) is 61.1. The van der Waals surface area contributed by atoms with Crippen LogP contribution in [0.3, 0.4) is 0 Å². The first-order chi connectivity index (χ1) is 45.1. The van der Waals surface area contributed by atoms with Crippen molar-refractivity contribution in [1.82, 2.24) is 9.13 Å². The van der Waals surface area contributed by atoms with E-state index in [1.807, 2.05) is 30.3 Å². The Morgan fingerprint density at radius 3 is 0.868 bits per heavy atom. The highest BCUT2D eigenvalue weighted by atomic mass is 127. The fourth-order valence-corrected chi connectivity index (χ4v) is 12.6. The number of benzene rings is 14. The average molecular weight is 1280 g/mol. The fraction of sp³-hybridized carbons (Fsp3) is 0. The molecule has 436 valence electrons. The molecule has 7 heteroatoms. The molecule has 0 aliphatic carbocycles. The first-order valence-electron chi connectivity index (χ1n) is 30.6. The van der Waals surface area contributed by atoms with Gasteiger partial charge in [0.2, 0.25) is 0 Å². The van der Waals surface area contributed by atoms with Gasteiger partial charge in [0.15, 0.2) is 0 Å². The monoisotopic (exact) mass is 1280 g/mol. The molecule has 0 radical (unpaired) electrons. The van der Waals surface area contributed by atoms with Crippen LogP contribution in [0.1, 0.15) is 0 Å². The molecule has 0 unspecified atom stereocenters. The van der Waals surface area contributed by atoms with Crippen molar-refractivity contribution < 1.29 is 0 Å². The van der Waals surface area contributed by atoms with E-state index in [0.717, 1.165) is 68.2 Å². The maximum Gasteiger partial charge on any atom is 0.0542 e. The molecule has 6 nitrogen and oxygen atoms in total. The number of para-hydroxylation sites is 10. The second kappa shape index (κ2) is 26.9. The zero-order valence-corrected chi connectivity index (χ0v) is 52.1. The van der Waals surface area contributed by atoms with Gasteiger partial charge in [0.1, 0.15) is 0 Å². The van der Waals surface area contributed by atoms with E-state index in [1.54, 1.807) is 0 Å². The van der Waals surface area contributed by atoms with Crippen LogP contribution in [0.4, 0.5) is 62.6 Å². The van der Waals surface area contributed by atoms with Gasteiger partial charge in [-0.25, -0.2) is 0 Å². The lowest BCUT2D eigenvalue weighted by Crippen LogP contribution is -2.12. The summed E-state index contributed by atoms with van der Waals surface area (Å²) < 4.78 is 5.96. The van der Waals surface area contributed by atoms with Crippen LogP contribution in [-0.2, 0) is 0 Å². The van der Waals surface area contributed by atoms with Crippen molar-refractivity contribution in [3.8, 4) is 11.4 Å². The van der Waals surface area contributed by atoms with Crippen LogP contribution in [-0.4, -0.2) is 9.13 Å². The normalized spacial score (nSPS) is 10.9. The van der Waals surface area contributed by atoms with E-state index in [9.17, 15) is 0 Å². The molecule has 0 aliphatic rings. The molecule has 2 aromatic heterocycles. The summed E-state index contributed by atoms with van der Waals surface area (Å²) in [6.07, 6.45) is 0. The van der Waals surface area contributed by atoms with Crippen LogP contribution in [0.25, 0.3) is 55.0 Å². The lowest BCUT2D eigenvalue weighted by Gasteiger charge is -2.28. The Morgan fingerprint density at radius 1 is 0.209 bits per heavy atom. The van der Waals surface area contributed by atoms with Crippen LogP contribution < -0.4 is 20.0 Å². The van der Waals surface area contributed by atoms with E-state index >= 15 is 0 Å². The third-order valence-corrected chi connectivity index (χ3v) is 16.9. The predicted molar refractivity (Wildman–Crippen MR) is 394 cm³/mol. The number of aromatic nitrogens is 2. The van der Waals surface area contributed by atoms with E-state index in [1.165, 1.54) is 52.9 Å². The predicted octanol–water partition coefficient (Wildman–Crippen LogP) is 24.0. The van der Waals surface area contributed by atoms with Crippen molar-refractivity contribution in [2.75, 3.05) is 20.0 Å². The molecule has 14 aromatic carbocycles. The van der Waals surface area contributed by atoms with Gasteiger partial charge in [-0.3, -0.25) is 0 Å². The number of nitrogens with one attached hydrogen (secondary N) is 1. The molecule has 2 heterocycles. The SMILES string of the molecule is Ic1ccc2c(c1)c1ccccc1n2-c1ccccc1.c1ccc(N(c2ccccc2)c2ccc(N(c3ccccc3)c3ccc4c(c3)c3ccccc3n4-c3ccccc3)cc2)cc1.c1ccc(Nc2ccc(N(c3ccccc3)c3ccccc3)cc2)cc1. The number of fused-ring (bicyclic) bond motifs is 6. The Balaban J connectivity index is 0.000000132. The second-order valence-electron chi connectivity index (χ2n) is 22.0. The summed E-state index contributed by atoms with van der Waals surface area (Å²) in [6, 6.07) is 132. The van der Waals surface area contributed by atoms with Crippen molar-refractivity contribution in [1.29, 1.82) is 0 Å². The minimum Gasteiger partial charge on any atom is -0.356 e. The molecular formula is C84H63IN6. The van der Waals surface area contributed by atoms with Crippen LogP contribution in [0.2, 0.25) is 0 Å². The molecule has 16 aromatic rings. The molecule has 91 heavy (non-hydrogen) atoms. The molecule has 0 fully saturated rings. The summed E-state index contributed by atoms with van der Waals surface area (Å²) in [4.78, 5) is 6.89. The van der Waals surface area contributed by atoms with Gasteiger partial charge in [0.25, 0.3) is 0 Å². The Hall–Kier alpha value is -11.4. The van der Waals surface area contributed by atoms with Crippen molar-refractivity contribution in [2.24, 2.45) is 0 Å². The van der Waals surface area contributed by atoms with Crippen molar-refractivity contribution >= 4 is 129 Å². The van der Waals surface area contributed by atoms with Crippen molar-refractivity contribution in [3.63, 3.8) is 0 Å². The average Bonchev–Trinajstić information content (AvgIpc) is 1.65. The highest BCUT2D eigenvalue weighted by molar-refractivity contribution is 14.1. The first-order valence-corrected chi connectivity index (χ1v) is 31.7. The number of hydrogen-bond acceptors (Lipinski definition) is 4. The molecule has 0 bridgehead atoms. The Morgan fingerprint density at radius 2 is 0.473 bits per heavy atom. The van der Waals surface area contributed by atoms with Crippen LogP contribution in [0, 0.1) is 3.57 Å². The summed E-state index contributed by atoms with van der Waals surface area (Å²) in [7, 11) is 0. The van der Waals surface area contributed by atoms with E-state index in [0.29, 0.717) is 0 Å². The van der Waals surface area contributed by atoms with Gasteiger partial charge in [-0.05, 0) is 217 Å². The van der Waals surface area contributed by atoms with Crippen LogP contribution in [0.5, 0.6) is 0 Å². The smallest absolute Gasteiger partial charge is 0.0542 e. The van der Waals surface area contributed by atoms with Gasteiger partial charge in [0.05, 0.1) is 22.1 Å². The fourth-order valence-electron chi connectivity index (χ4n) is 12.1. The topological polar surface area (TPSA) is 31.6 Å². The second-order valence-corrected chi connectivity index (χ2v) is 23.2. The zero-order valence-electron chi connectivity index (χ0n) is 49.9. The Labute approximate surface area is 545 Å². The summed E-state index contributed by atoms with van der Waals surface area (Å²) in [5.74, 6) is 0. The standard InChI is InChI=1S/C42H31N3.C24H20N2.C18H12IN/c1-5-15-32(16-6-1)43(33-17-7-2-8-18-33)36-25-27-37(28-26-36)44(34-19-9-3-10-20-34)38-29-30-42-40(31-38)39-23-13-14-24-41(39)45(42)35-21-11-4-12-22-35;1-4-10-20(11-5-1)25-21-16-18-24(19-17-21)26(22-12-6-2-7-13-22)23-14-8-3-9-15-23;19-13-10-11-18-16(12-13)15-8-4-5-9-17(15)20(18)14-6-2-1-3-7-14/h1-31H;1-19,25H;1-12H. The highest BCUT2D eigenvalue weighted by Gasteiger charge is 2.20. The van der Waals surface area contributed by atoms with Crippen molar-refractivity contribution in [3.05, 3.63) is 380 Å². The maximum absolute atomic E-state index is 3.43. The molecule has 0 spiro atoms. The Bertz CT molecular complexity index is 4910. The molecule has 0 saturated heterocycles. The van der Waals surface area contributed by atoms with Gasteiger partial charge < -0.3 is 29.2 Å². The molecule has 1 N–H and O–H groups in total. The number of rotatable bonds is 13. The van der Waals surface area contributed by atoms with E-state index < -0.39 is 0 Å². The number of nitrogens with zero attached hydrogens (tertiary/aromatic N) is 5. The summed E-state index contributed by atoms with van der Waals surface area (Å²) in [5, 5.41) is 8.52. The van der Waals surface area contributed by atoms with Crippen LogP contribution in [0.15, 0.2) is 376 Å². The minimum atomic E-state index is 1.07. The van der Waals surface area contributed by atoms with Crippen LogP contribution >= 0.6 is 22.6 Å². The molecule has 0 amide bonds. The van der Waals surface area contributed by atoms with Gasteiger partial charge >= 0.3 is 0 Å². The highest BCUT2D eigenvalue weighted by Crippen LogP contribution is 2.43. The summed E-state index contributed by atoms with van der Waals surface area (Å²) in [6.45, 7) is 0. The number of anilines is 11. The quantitative estimate of drug-likeness (QED) is 0.117. The van der Waals surface area contributed by atoms with E-state index in [2.05, 4.69) is 398 Å². The lowest BCUT2D eigenvalue weighted by atomic mass is 10.1. The molecule has 0 atom stereocenters. The maximum atomic E-state index is 3.43. The van der Waals surface area contributed by atoms with Crippen molar-refractivity contribution in [2.45, 2.75) is 0 Å². The molecule has 16 rings (SSSR count). The van der Waals surface area contributed by atoms with Gasteiger partial charge in [-0.1, -0.05) is 182 Å². The van der Waals surface area contributed by atoms with Gasteiger partial charge in [-0.15, -0.1) is 0 Å². The minimum absolute atomic E-state index is 1.07. The molecular weight excluding hydrogens is 1220 g/mol.